The quantitative estimate of drug-likeness (QED) is 0.479. The van der Waals surface area contributed by atoms with Crippen molar-refractivity contribution in [2.24, 2.45) is 23.7 Å². The van der Waals surface area contributed by atoms with Crippen LogP contribution in [-0.4, -0.2) is 42.4 Å². The third-order valence-corrected chi connectivity index (χ3v) is 8.46. The van der Waals surface area contributed by atoms with E-state index >= 15 is 0 Å². The van der Waals surface area contributed by atoms with Crippen LogP contribution in [0.1, 0.15) is 59.2 Å². The van der Waals surface area contributed by atoms with Crippen molar-refractivity contribution in [3.8, 4) is 0 Å². The maximum absolute atomic E-state index is 13.5. The molecule has 1 N–H and O–H groups in total. The number of carbonyl (C=O) groups excluding carboxylic acids is 2. The summed E-state index contributed by atoms with van der Waals surface area (Å²) in [4.78, 5) is 25.7. The predicted octanol–water partition coefficient (Wildman–Crippen LogP) is 3.99. The van der Waals surface area contributed by atoms with E-state index in [0.717, 1.165) is 16.7 Å². The summed E-state index contributed by atoms with van der Waals surface area (Å²) in [5, 5.41) is -4.56. The molecule has 0 radical (unpaired) electrons. The monoisotopic (exact) mass is 486 g/mol. The molecule has 0 spiro atoms. The first-order valence-electron chi connectivity index (χ1n) is 11.0. The second-order valence-corrected chi connectivity index (χ2v) is 11.6. The maximum atomic E-state index is 13.5. The summed E-state index contributed by atoms with van der Waals surface area (Å²) < 4.78 is 67.9. The smallest absolute Gasteiger partial charge is 0.402 e. The van der Waals surface area contributed by atoms with Gasteiger partial charge in [-0.15, -0.1) is 0 Å². The first-order valence-corrected chi connectivity index (χ1v) is 12.5. The molecule has 2 unspecified atom stereocenters. The lowest BCUT2D eigenvalue weighted by molar-refractivity contribution is -0.186. The van der Waals surface area contributed by atoms with E-state index in [-0.39, 0.29) is 17.8 Å². The average molecular weight is 487 g/mol. The van der Waals surface area contributed by atoms with Crippen LogP contribution in [0.4, 0.5) is 8.78 Å². The van der Waals surface area contributed by atoms with Gasteiger partial charge in [0.1, 0.15) is 5.60 Å². The van der Waals surface area contributed by atoms with Crippen LogP contribution in [0.3, 0.4) is 0 Å². The number of esters is 2. The molecular formula is C23H28F2O7S. The van der Waals surface area contributed by atoms with E-state index < -0.39 is 45.4 Å². The van der Waals surface area contributed by atoms with Gasteiger partial charge in [-0.2, -0.15) is 17.2 Å². The van der Waals surface area contributed by atoms with Gasteiger partial charge in [-0.3, -0.25) is 9.35 Å². The van der Waals surface area contributed by atoms with Gasteiger partial charge < -0.3 is 9.47 Å². The zero-order valence-electron chi connectivity index (χ0n) is 18.8. The number of rotatable bonds is 6. The molecule has 0 aromatic heterocycles. The van der Waals surface area contributed by atoms with Crippen molar-refractivity contribution < 1.29 is 40.8 Å². The number of hydrogen-bond acceptors (Lipinski definition) is 6. The molecule has 4 saturated carbocycles. The van der Waals surface area contributed by atoms with Crippen LogP contribution in [0.2, 0.25) is 0 Å². The van der Waals surface area contributed by atoms with E-state index in [0.29, 0.717) is 37.7 Å². The first-order chi connectivity index (χ1) is 15.2. The lowest BCUT2D eigenvalue weighted by Gasteiger charge is -2.58. The number of benzene rings is 1. The van der Waals surface area contributed by atoms with Crippen molar-refractivity contribution in [2.75, 3.05) is 6.61 Å². The zero-order valence-corrected chi connectivity index (χ0v) is 19.6. The van der Waals surface area contributed by atoms with Crippen LogP contribution in [0.15, 0.2) is 12.1 Å². The van der Waals surface area contributed by atoms with E-state index in [2.05, 4.69) is 4.74 Å². The zero-order chi connectivity index (χ0) is 24.3. The van der Waals surface area contributed by atoms with Crippen molar-refractivity contribution in [3.05, 3.63) is 34.4 Å². The third-order valence-electron chi connectivity index (χ3n) is 7.59. The molecule has 5 rings (SSSR count). The molecule has 10 heteroatoms. The van der Waals surface area contributed by atoms with Crippen molar-refractivity contribution >= 4 is 22.1 Å². The lowest BCUT2D eigenvalue weighted by atomic mass is 9.50. The minimum absolute atomic E-state index is 0.198. The van der Waals surface area contributed by atoms with Gasteiger partial charge in [-0.25, -0.2) is 4.79 Å². The van der Waals surface area contributed by atoms with Crippen LogP contribution in [0.5, 0.6) is 0 Å². The normalized spacial score (nSPS) is 30.8. The fourth-order valence-electron chi connectivity index (χ4n) is 6.29. The first kappa shape index (κ1) is 24.1. The number of hydrogen-bond donors (Lipinski definition) is 1. The molecule has 4 aliphatic carbocycles. The van der Waals surface area contributed by atoms with Gasteiger partial charge in [-0.05, 0) is 93.4 Å². The standard InChI is InChI=1S/C23H28F2O7S/c1-12-4-13(2)14(3)18(5-12)20(26)32-22-8-15-6-16(9-22)19(17(7-15)10-22)21(27)31-11-23(24,25)33(28,29)30/h4-5,15-17,19H,6-11H2,1-3H3,(H,28,29,30). The number of halogens is 2. The minimum Gasteiger partial charge on any atom is -0.458 e. The molecule has 0 heterocycles. The Morgan fingerprint density at radius 3 is 2.30 bits per heavy atom. The molecule has 2 atom stereocenters. The Morgan fingerprint density at radius 2 is 1.73 bits per heavy atom. The maximum Gasteiger partial charge on any atom is 0.402 e. The Balaban J connectivity index is 1.48. The Kier molecular flexibility index (Phi) is 5.84. The predicted molar refractivity (Wildman–Crippen MR) is 113 cm³/mol. The highest BCUT2D eigenvalue weighted by molar-refractivity contribution is 7.86. The molecule has 0 aliphatic heterocycles. The van der Waals surface area contributed by atoms with Gasteiger partial charge in [0.05, 0.1) is 11.5 Å². The van der Waals surface area contributed by atoms with Crippen LogP contribution >= 0.6 is 0 Å². The van der Waals surface area contributed by atoms with Crippen molar-refractivity contribution in [3.63, 3.8) is 0 Å². The molecule has 7 nitrogen and oxygen atoms in total. The topological polar surface area (TPSA) is 107 Å². The van der Waals surface area contributed by atoms with Gasteiger partial charge in [0.2, 0.25) is 0 Å². The lowest BCUT2D eigenvalue weighted by Crippen LogP contribution is -2.58. The van der Waals surface area contributed by atoms with Gasteiger partial charge in [0.15, 0.2) is 6.61 Å². The molecule has 4 fully saturated rings. The van der Waals surface area contributed by atoms with Crippen molar-refractivity contribution in [1.29, 1.82) is 0 Å². The molecular weight excluding hydrogens is 458 g/mol. The highest BCUT2D eigenvalue weighted by Crippen LogP contribution is 2.60. The highest BCUT2D eigenvalue weighted by Gasteiger charge is 2.60. The van der Waals surface area contributed by atoms with E-state index in [4.69, 9.17) is 9.29 Å². The van der Waals surface area contributed by atoms with E-state index in [1.165, 1.54) is 0 Å². The summed E-state index contributed by atoms with van der Waals surface area (Å²) in [6.07, 6.45) is 2.98. The Bertz CT molecular complexity index is 1080. The Morgan fingerprint density at radius 1 is 1.12 bits per heavy atom. The summed E-state index contributed by atoms with van der Waals surface area (Å²) >= 11 is 0. The number of carbonyl (C=O) groups is 2. The number of aryl methyl sites for hydroxylation is 2. The second-order valence-electron chi connectivity index (χ2n) is 10.0. The molecule has 1 aromatic carbocycles. The Labute approximate surface area is 191 Å². The van der Waals surface area contributed by atoms with Crippen molar-refractivity contribution in [1.82, 2.24) is 0 Å². The van der Waals surface area contributed by atoms with Gasteiger partial charge in [0.25, 0.3) is 0 Å². The molecule has 33 heavy (non-hydrogen) atoms. The number of alkyl halides is 2. The summed E-state index contributed by atoms with van der Waals surface area (Å²) in [5.41, 5.74) is 2.63. The van der Waals surface area contributed by atoms with Crippen LogP contribution < -0.4 is 0 Å². The summed E-state index contributed by atoms with van der Waals surface area (Å²) in [6.45, 7) is 4.00. The molecule has 0 saturated heterocycles. The SMILES string of the molecule is Cc1cc(C)c(C)c(C(=O)OC23CC4CC(C2)C(C(=O)OCC(F)(F)S(=O)(=O)O)C(C4)C3)c1. The van der Waals surface area contributed by atoms with Gasteiger partial charge >= 0.3 is 27.3 Å². The highest BCUT2D eigenvalue weighted by atomic mass is 32.2. The minimum atomic E-state index is -5.68. The summed E-state index contributed by atoms with van der Waals surface area (Å²) in [5.74, 6) is -2.08. The van der Waals surface area contributed by atoms with Crippen LogP contribution in [-0.2, 0) is 24.4 Å². The fourth-order valence-corrected chi connectivity index (χ4v) is 6.50. The Hall–Kier alpha value is -2.07. The van der Waals surface area contributed by atoms with Gasteiger partial charge in [0, 0.05) is 0 Å². The number of ether oxygens (including phenoxy) is 2. The van der Waals surface area contributed by atoms with Crippen molar-refractivity contribution in [2.45, 2.75) is 63.7 Å². The fraction of sp³-hybridized carbons (Fsp3) is 0.652. The average Bonchev–Trinajstić information content (AvgIpc) is 2.67. The van der Waals surface area contributed by atoms with Gasteiger partial charge in [-0.1, -0.05) is 6.07 Å². The van der Waals surface area contributed by atoms with Crippen LogP contribution in [0.25, 0.3) is 0 Å². The van der Waals surface area contributed by atoms with Crippen LogP contribution in [0, 0.1) is 44.4 Å². The van der Waals surface area contributed by atoms with E-state index in [9.17, 15) is 26.8 Å². The molecule has 4 aliphatic rings. The molecule has 1 aromatic rings. The largest absolute Gasteiger partial charge is 0.458 e. The van der Waals surface area contributed by atoms with E-state index in [1.54, 1.807) is 6.07 Å². The molecule has 4 bridgehead atoms. The third kappa shape index (κ3) is 4.39. The summed E-state index contributed by atoms with van der Waals surface area (Å²) in [7, 11) is -5.68. The molecule has 182 valence electrons. The second kappa shape index (κ2) is 8.01. The summed E-state index contributed by atoms with van der Waals surface area (Å²) in [6, 6.07) is 3.80. The van der Waals surface area contributed by atoms with E-state index in [1.807, 2.05) is 26.8 Å². The molecule has 0 amide bonds.